The highest BCUT2D eigenvalue weighted by Crippen LogP contribution is 2.31. The summed E-state index contributed by atoms with van der Waals surface area (Å²) in [6.45, 7) is 1.87. The number of anilines is 2. The van der Waals surface area contributed by atoms with Crippen LogP contribution in [0.15, 0.2) is 41.3 Å². The van der Waals surface area contributed by atoms with E-state index < -0.39 is 10.0 Å². The number of sulfonamides is 1. The Morgan fingerprint density at radius 3 is 2.38 bits per heavy atom. The molecule has 0 spiro atoms. The van der Waals surface area contributed by atoms with E-state index in [1.165, 1.54) is 19.2 Å². The zero-order valence-electron chi connectivity index (χ0n) is 13.0. The minimum absolute atomic E-state index is 0.0296. The van der Waals surface area contributed by atoms with E-state index in [4.69, 9.17) is 33.7 Å². The van der Waals surface area contributed by atoms with Crippen LogP contribution in [-0.4, -0.2) is 20.6 Å². The first kappa shape index (κ1) is 18.5. The van der Waals surface area contributed by atoms with E-state index in [1.807, 2.05) is 13.0 Å². The largest absolute Gasteiger partial charge is 0.495 e. The van der Waals surface area contributed by atoms with Crippen molar-refractivity contribution in [3.8, 4) is 5.75 Å². The summed E-state index contributed by atoms with van der Waals surface area (Å²) in [4.78, 5) is 0.0296. The van der Waals surface area contributed by atoms with Crippen LogP contribution in [0.4, 0.5) is 11.4 Å². The van der Waals surface area contributed by atoms with E-state index in [9.17, 15) is 8.42 Å². The number of ether oxygens (including phenoxy) is 1. The van der Waals surface area contributed by atoms with Crippen molar-refractivity contribution in [3.63, 3.8) is 0 Å². The van der Waals surface area contributed by atoms with Gasteiger partial charge in [-0.2, -0.15) is 0 Å². The average Bonchev–Trinajstić information content (AvgIpc) is 2.50. The van der Waals surface area contributed by atoms with Crippen molar-refractivity contribution >= 4 is 50.3 Å². The quantitative estimate of drug-likeness (QED) is 0.700. The Hall–Kier alpha value is -1.87. The van der Waals surface area contributed by atoms with Crippen LogP contribution in [0.2, 0.25) is 5.02 Å². The summed E-state index contributed by atoms with van der Waals surface area (Å²) < 4.78 is 27.7. The van der Waals surface area contributed by atoms with Gasteiger partial charge in [-0.3, -0.25) is 0 Å². The molecule has 6 nitrogen and oxygen atoms in total. The molecule has 0 aliphatic carbocycles. The summed E-state index contributed by atoms with van der Waals surface area (Å²) in [5.41, 5.74) is 2.16. The van der Waals surface area contributed by atoms with E-state index in [2.05, 4.69) is 10.6 Å². The highest BCUT2D eigenvalue weighted by atomic mass is 35.5. The molecule has 128 valence electrons. The molecular formula is C15H16ClN3O3S2. The van der Waals surface area contributed by atoms with Crippen LogP contribution in [0, 0.1) is 6.92 Å². The van der Waals surface area contributed by atoms with Crippen molar-refractivity contribution in [2.75, 3.05) is 17.7 Å². The van der Waals surface area contributed by atoms with Gasteiger partial charge in [0.1, 0.15) is 5.75 Å². The van der Waals surface area contributed by atoms with E-state index in [-0.39, 0.29) is 4.90 Å². The Labute approximate surface area is 151 Å². The van der Waals surface area contributed by atoms with Gasteiger partial charge >= 0.3 is 0 Å². The van der Waals surface area contributed by atoms with Gasteiger partial charge in [-0.15, -0.1) is 0 Å². The lowest BCUT2D eigenvalue weighted by Crippen LogP contribution is -2.19. The van der Waals surface area contributed by atoms with E-state index in [0.717, 1.165) is 5.56 Å². The van der Waals surface area contributed by atoms with Crippen molar-refractivity contribution < 1.29 is 13.2 Å². The van der Waals surface area contributed by atoms with E-state index in [0.29, 0.717) is 27.3 Å². The molecule has 0 amide bonds. The molecule has 0 bridgehead atoms. The molecule has 0 aliphatic rings. The fourth-order valence-corrected chi connectivity index (χ4v) is 2.84. The van der Waals surface area contributed by atoms with Gasteiger partial charge in [0.2, 0.25) is 10.0 Å². The van der Waals surface area contributed by atoms with Gasteiger partial charge in [-0.25, -0.2) is 13.6 Å². The maximum absolute atomic E-state index is 11.2. The van der Waals surface area contributed by atoms with Crippen LogP contribution in [0.5, 0.6) is 5.75 Å². The number of nitrogens with one attached hydrogen (secondary N) is 2. The molecular weight excluding hydrogens is 370 g/mol. The number of methoxy groups -OCH3 is 1. The van der Waals surface area contributed by atoms with Crippen molar-refractivity contribution in [1.29, 1.82) is 0 Å². The minimum atomic E-state index is -3.72. The third kappa shape index (κ3) is 4.57. The molecule has 0 radical (unpaired) electrons. The molecule has 4 N–H and O–H groups in total. The number of rotatable bonds is 4. The Bertz CT molecular complexity index is 868. The number of nitrogens with two attached hydrogens (primary N) is 1. The molecule has 0 unspecified atom stereocenters. The Kier molecular flexibility index (Phi) is 5.66. The fourth-order valence-electron chi connectivity index (χ4n) is 1.94. The fraction of sp³-hybridized carbons (Fsp3) is 0.133. The van der Waals surface area contributed by atoms with Gasteiger partial charge in [-0.05, 0) is 55.0 Å². The van der Waals surface area contributed by atoms with Crippen LogP contribution >= 0.6 is 23.8 Å². The molecule has 2 aromatic carbocycles. The number of hydrogen-bond donors (Lipinski definition) is 3. The van der Waals surface area contributed by atoms with E-state index >= 15 is 0 Å². The zero-order chi connectivity index (χ0) is 17.9. The molecule has 0 fully saturated rings. The van der Waals surface area contributed by atoms with Gasteiger partial charge in [0.25, 0.3) is 0 Å². The molecule has 0 atom stereocenters. The molecule has 0 aliphatic heterocycles. The summed E-state index contributed by atoms with van der Waals surface area (Å²) in [6, 6.07) is 9.44. The molecule has 0 saturated heterocycles. The summed E-state index contributed by atoms with van der Waals surface area (Å²) in [5, 5.41) is 11.9. The van der Waals surface area contributed by atoms with Crippen LogP contribution in [0.25, 0.3) is 0 Å². The highest BCUT2D eigenvalue weighted by molar-refractivity contribution is 7.89. The topological polar surface area (TPSA) is 93.4 Å². The number of aryl methyl sites for hydroxylation is 1. The summed E-state index contributed by atoms with van der Waals surface area (Å²) >= 11 is 11.3. The lowest BCUT2D eigenvalue weighted by Gasteiger charge is -2.15. The van der Waals surface area contributed by atoms with Gasteiger partial charge in [0.05, 0.1) is 17.7 Å². The first-order valence-corrected chi connectivity index (χ1v) is 9.09. The van der Waals surface area contributed by atoms with Crippen LogP contribution in [0.1, 0.15) is 5.56 Å². The number of hydrogen-bond acceptors (Lipinski definition) is 4. The third-order valence-corrected chi connectivity index (χ3v) is 4.71. The van der Waals surface area contributed by atoms with Gasteiger partial charge in [0.15, 0.2) is 5.11 Å². The van der Waals surface area contributed by atoms with Gasteiger partial charge < -0.3 is 15.4 Å². The second-order valence-corrected chi connectivity index (χ2v) is 7.33. The van der Waals surface area contributed by atoms with Crippen molar-refractivity contribution in [2.45, 2.75) is 11.8 Å². The molecule has 2 aromatic rings. The van der Waals surface area contributed by atoms with Crippen molar-refractivity contribution in [1.82, 2.24) is 0 Å². The predicted molar refractivity (Wildman–Crippen MR) is 100 cm³/mol. The number of benzene rings is 2. The van der Waals surface area contributed by atoms with Gasteiger partial charge in [-0.1, -0.05) is 11.6 Å². The second kappa shape index (κ2) is 7.35. The maximum Gasteiger partial charge on any atom is 0.238 e. The first-order valence-electron chi connectivity index (χ1n) is 6.75. The summed E-state index contributed by atoms with van der Waals surface area (Å²) in [6.07, 6.45) is 0. The first-order chi connectivity index (χ1) is 11.2. The predicted octanol–water partition coefficient (Wildman–Crippen LogP) is 3.11. The molecule has 24 heavy (non-hydrogen) atoms. The van der Waals surface area contributed by atoms with E-state index in [1.54, 1.807) is 18.2 Å². The lowest BCUT2D eigenvalue weighted by molar-refractivity contribution is 0.417. The maximum atomic E-state index is 11.2. The molecule has 0 saturated carbocycles. The van der Waals surface area contributed by atoms with Crippen LogP contribution in [-0.2, 0) is 10.0 Å². The number of primary sulfonamides is 1. The second-order valence-electron chi connectivity index (χ2n) is 4.95. The monoisotopic (exact) mass is 385 g/mol. The zero-order valence-corrected chi connectivity index (χ0v) is 15.3. The summed E-state index contributed by atoms with van der Waals surface area (Å²) in [7, 11) is -2.18. The normalized spacial score (nSPS) is 11.0. The molecule has 0 heterocycles. The Balaban J connectivity index is 2.13. The van der Waals surface area contributed by atoms with Crippen molar-refractivity contribution in [3.05, 3.63) is 47.0 Å². The van der Waals surface area contributed by atoms with Crippen LogP contribution < -0.4 is 20.5 Å². The van der Waals surface area contributed by atoms with Gasteiger partial charge in [0, 0.05) is 16.8 Å². The average molecular weight is 386 g/mol. The molecule has 0 aromatic heterocycles. The number of thiocarbonyl (C=S) groups is 1. The lowest BCUT2D eigenvalue weighted by atomic mass is 10.2. The molecule has 9 heteroatoms. The standard InChI is InChI=1S/C15H16ClN3O3S2/c1-9-7-13(14(22-2)8-12(9)16)19-15(23)18-10-3-5-11(6-4-10)24(17,20)21/h3-8H,1-2H3,(H2,17,20,21)(H2,18,19,23). The highest BCUT2D eigenvalue weighted by Gasteiger charge is 2.10. The SMILES string of the molecule is COc1cc(Cl)c(C)cc1NC(=S)Nc1ccc(S(N)(=O)=O)cc1. The molecule has 2 rings (SSSR count). The Morgan fingerprint density at radius 2 is 1.83 bits per heavy atom. The third-order valence-electron chi connectivity index (χ3n) is 3.17. The smallest absolute Gasteiger partial charge is 0.238 e. The summed E-state index contributed by atoms with van der Waals surface area (Å²) in [5.74, 6) is 0.555. The van der Waals surface area contributed by atoms with Crippen LogP contribution in [0.3, 0.4) is 0 Å². The Morgan fingerprint density at radius 1 is 1.21 bits per heavy atom. The minimum Gasteiger partial charge on any atom is -0.495 e. The number of halogens is 1. The van der Waals surface area contributed by atoms with Crippen molar-refractivity contribution in [2.24, 2.45) is 5.14 Å².